The molecule has 0 aromatic carbocycles. The molecule has 0 bridgehead atoms. The van der Waals surface area contributed by atoms with Gasteiger partial charge in [0.2, 0.25) is 0 Å². The van der Waals surface area contributed by atoms with Gasteiger partial charge < -0.3 is 5.32 Å². The van der Waals surface area contributed by atoms with Crippen LogP contribution in [0.4, 0.5) is 0 Å². The van der Waals surface area contributed by atoms with Crippen molar-refractivity contribution in [1.82, 2.24) is 15.3 Å². The molecule has 1 N–H and O–H groups in total. The molecule has 0 spiro atoms. The Morgan fingerprint density at radius 2 is 2.16 bits per heavy atom. The van der Waals surface area contributed by atoms with Crippen molar-refractivity contribution in [3.63, 3.8) is 0 Å². The maximum Gasteiger partial charge on any atom is 0.128 e. The number of fused-ring (bicyclic) bond motifs is 1. The fourth-order valence-corrected chi connectivity index (χ4v) is 2.96. The third-order valence-corrected chi connectivity index (χ3v) is 4.29. The summed E-state index contributed by atoms with van der Waals surface area (Å²) in [4.78, 5) is 9.48. The smallest absolute Gasteiger partial charge is 0.128 e. The second-order valence-electron chi connectivity index (χ2n) is 6.09. The molecule has 104 valence electrons. The van der Waals surface area contributed by atoms with Crippen LogP contribution in [0.3, 0.4) is 0 Å². The molecule has 19 heavy (non-hydrogen) atoms. The Kier molecular flexibility index (Phi) is 4.12. The maximum absolute atomic E-state index is 4.86. The van der Waals surface area contributed by atoms with E-state index in [4.69, 9.17) is 4.98 Å². The van der Waals surface area contributed by atoms with Crippen molar-refractivity contribution in [3.8, 4) is 0 Å². The van der Waals surface area contributed by atoms with Crippen LogP contribution in [-0.4, -0.2) is 16.5 Å². The number of rotatable bonds is 5. The van der Waals surface area contributed by atoms with Crippen molar-refractivity contribution in [2.75, 3.05) is 6.54 Å². The van der Waals surface area contributed by atoms with E-state index in [9.17, 15) is 0 Å². The van der Waals surface area contributed by atoms with Gasteiger partial charge in [0.15, 0.2) is 0 Å². The summed E-state index contributed by atoms with van der Waals surface area (Å²) in [5.74, 6) is 1.95. The van der Waals surface area contributed by atoms with Crippen molar-refractivity contribution in [3.05, 3.63) is 23.3 Å². The molecule has 1 aromatic rings. The van der Waals surface area contributed by atoms with E-state index in [0.29, 0.717) is 6.04 Å². The Morgan fingerprint density at radius 1 is 1.26 bits per heavy atom. The van der Waals surface area contributed by atoms with Crippen LogP contribution in [-0.2, 0) is 12.8 Å². The van der Waals surface area contributed by atoms with Crippen molar-refractivity contribution in [2.24, 2.45) is 5.92 Å². The number of hydrogen-bond donors (Lipinski definition) is 1. The predicted octanol–water partition coefficient (Wildman–Crippen LogP) is 3.20. The Bertz CT molecular complexity index is 426. The van der Waals surface area contributed by atoms with Gasteiger partial charge in [0, 0.05) is 29.9 Å². The van der Waals surface area contributed by atoms with Crippen molar-refractivity contribution in [1.29, 1.82) is 0 Å². The molecule has 3 heteroatoms. The minimum atomic E-state index is 0.479. The topological polar surface area (TPSA) is 37.8 Å². The Hall–Kier alpha value is -0.960. The van der Waals surface area contributed by atoms with E-state index in [1.165, 1.54) is 49.8 Å². The molecule has 3 nitrogen and oxygen atoms in total. The number of aromatic nitrogens is 2. The molecular weight excluding hydrogens is 234 g/mol. The number of nitrogens with zero attached hydrogens (tertiary/aromatic N) is 2. The van der Waals surface area contributed by atoms with Crippen LogP contribution >= 0.6 is 0 Å². The molecule has 3 rings (SSSR count). The van der Waals surface area contributed by atoms with Gasteiger partial charge in [0.05, 0.1) is 0 Å². The molecule has 1 fully saturated rings. The van der Waals surface area contributed by atoms with Crippen LogP contribution in [0.5, 0.6) is 0 Å². The van der Waals surface area contributed by atoms with Gasteiger partial charge in [0.1, 0.15) is 5.82 Å². The lowest BCUT2D eigenvalue weighted by molar-refractivity contribution is 0.488. The lowest BCUT2D eigenvalue weighted by Crippen LogP contribution is -2.23. The summed E-state index contributed by atoms with van der Waals surface area (Å²) in [7, 11) is 0. The van der Waals surface area contributed by atoms with Crippen LogP contribution in [0, 0.1) is 5.92 Å². The highest BCUT2D eigenvalue weighted by atomic mass is 14.9. The van der Waals surface area contributed by atoms with E-state index in [0.717, 1.165) is 31.1 Å². The molecule has 2 aliphatic carbocycles. The van der Waals surface area contributed by atoms with E-state index in [-0.39, 0.29) is 0 Å². The summed E-state index contributed by atoms with van der Waals surface area (Å²) in [6, 6.07) is 0.479. The summed E-state index contributed by atoms with van der Waals surface area (Å²) in [5.41, 5.74) is 2.68. The lowest BCUT2D eigenvalue weighted by Gasteiger charge is -2.18. The van der Waals surface area contributed by atoms with Gasteiger partial charge in [-0.1, -0.05) is 13.3 Å². The molecule has 1 atom stereocenters. The average molecular weight is 259 g/mol. The summed E-state index contributed by atoms with van der Waals surface area (Å²) in [5, 5.41) is 3.66. The first-order chi connectivity index (χ1) is 9.36. The van der Waals surface area contributed by atoms with E-state index in [2.05, 4.69) is 23.4 Å². The highest BCUT2D eigenvalue weighted by Gasteiger charge is 2.24. The fourth-order valence-electron chi connectivity index (χ4n) is 2.96. The van der Waals surface area contributed by atoms with Crippen molar-refractivity contribution >= 4 is 0 Å². The van der Waals surface area contributed by atoms with Crippen LogP contribution < -0.4 is 5.32 Å². The standard InChI is InChI=1S/C16H25N3/c1-2-9-17-14-5-3-4-6-15-13(14)11-18-16(19-15)10-12-7-8-12/h11-12,14,17H,2-10H2,1H3. The quantitative estimate of drug-likeness (QED) is 0.825. The number of aryl methyl sites for hydroxylation is 1. The summed E-state index contributed by atoms with van der Waals surface area (Å²) in [6.45, 7) is 3.31. The van der Waals surface area contributed by atoms with E-state index in [1.807, 2.05) is 0 Å². The Labute approximate surface area is 116 Å². The number of nitrogens with one attached hydrogen (secondary N) is 1. The molecule has 0 saturated heterocycles. The second-order valence-corrected chi connectivity index (χ2v) is 6.09. The first-order valence-electron chi connectivity index (χ1n) is 7.95. The van der Waals surface area contributed by atoms with Crippen molar-refractivity contribution < 1.29 is 0 Å². The van der Waals surface area contributed by atoms with Gasteiger partial charge in [0.25, 0.3) is 0 Å². The van der Waals surface area contributed by atoms with Crippen LogP contribution in [0.25, 0.3) is 0 Å². The molecule has 1 aromatic heterocycles. The molecule has 1 heterocycles. The molecular formula is C16H25N3. The SMILES string of the molecule is CCCNC1CCCCc2nc(CC3CC3)ncc21. The third kappa shape index (κ3) is 3.33. The monoisotopic (exact) mass is 259 g/mol. The normalized spacial score (nSPS) is 22.9. The van der Waals surface area contributed by atoms with Gasteiger partial charge in [-0.3, -0.25) is 0 Å². The van der Waals surface area contributed by atoms with Crippen LogP contribution in [0.15, 0.2) is 6.20 Å². The zero-order valence-electron chi connectivity index (χ0n) is 12.0. The third-order valence-electron chi connectivity index (χ3n) is 4.29. The zero-order chi connectivity index (χ0) is 13.1. The van der Waals surface area contributed by atoms with E-state index < -0.39 is 0 Å². The first kappa shape index (κ1) is 13.0. The van der Waals surface area contributed by atoms with Gasteiger partial charge in [-0.25, -0.2) is 9.97 Å². The lowest BCUT2D eigenvalue weighted by atomic mass is 10.0. The molecule has 1 unspecified atom stereocenters. The predicted molar refractivity (Wildman–Crippen MR) is 77.0 cm³/mol. The first-order valence-corrected chi connectivity index (χ1v) is 7.95. The minimum Gasteiger partial charge on any atom is -0.310 e. The van der Waals surface area contributed by atoms with Gasteiger partial charge in [-0.05, 0) is 51.0 Å². The van der Waals surface area contributed by atoms with Gasteiger partial charge in [-0.2, -0.15) is 0 Å². The van der Waals surface area contributed by atoms with Gasteiger partial charge in [-0.15, -0.1) is 0 Å². The average Bonchev–Trinajstić information content (AvgIpc) is 3.23. The van der Waals surface area contributed by atoms with E-state index >= 15 is 0 Å². The summed E-state index contributed by atoms with van der Waals surface area (Å²) >= 11 is 0. The summed E-state index contributed by atoms with van der Waals surface area (Å²) in [6.07, 6.45) is 12.1. The van der Waals surface area contributed by atoms with Crippen LogP contribution in [0.1, 0.15) is 68.6 Å². The fraction of sp³-hybridized carbons (Fsp3) is 0.750. The van der Waals surface area contributed by atoms with Gasteiger partial charge >= 0.3 is 0 Å². The highest BCUT2D eigenvalue weighted by molar-refractivity contribution is 5.23. The molecule has 0 amide bonds. The largest absolute Gasteiger partial charge is 0.310 e. The minimum absolute atomic E-state index is 0.479. The number of hydrogen-bond acceptors (Lipinski definition) is 3. The molecule has 0 aliphatic heterocycles. The highest BCUT2D eigenvalue weighted by Crippen LogP contribution is 2.32. The van der Waals surface area contributed by atoms with Crippen molar-refractivity contribution in [2.45, 2.75) is 64.3 Å². The second kappa shape index (κ2) is 6.00. The molecule has 2 aliphatic rings. The maximum atomic E-state index is 4.86. The Morgan fingerprint density at radius 3 is 2.95 bits per heavy atom. The summed E-state index contributed by atoms with van der Waals surface area (Å²) < 4.78 is 0. The van der Waals surface area contributed by atoms with Crippen LogP contribution in [0.2, 0.25) is 0 Å². The van der Waals surface area contributed by atoms with E-state index in [1.54, 1.807) is 0 Å². The Balaban J connectivity index is 1.78. The zero-order valence-corrected chi connectivity index (χ0v) is 12.0. The molecule has 0 radical (unpaired) electrons. The molecule has 1 saturated carbocycles.